The Balaban J connectivity index is 1.43. The molecular formula is C21H31N3O4. The van der Waals surface area contributed by atoms with E-state index in [2.05, 4.69) is 15.5 Å². The Morgan fingerprint density at radius 3 is 2.82 bits per heavy atom. The average molecular weight is 389 g/mol. The summed E-state index contributed by atoms with van der Waals surface area (Å²) in [5.74, 6) is -0.265. The van der Waals surface area contributed by atoms with E-state index in [9.17, 15) is 9.59 Å². The van der Waals surface area contributed by atoms with Gasteiger partial charge in [0.1, 0.15) is 12.6 Å². The second-order valence-electron chi connectivity index (χ2n) is 7.92. The minimum atomic E-state index is -0.647. The van der Waals surface area contributed by atoms with Gasteiger partial charge in [0.2, 0.25) is 5.91 Å². The first kappa shape index (κ1) is 20.6. The highest BCUT2D eigenvalue weighted by molar-refractivity contribution is 5.85. The van der Waals surface area contributed by atoms with Gasteiger partial charge >= 0.3 is 6.09 Å². The Morgan fingerprint density at radius 2 is 2.07 bits per heavy atom. The number of alkyl carbamates (subject to hydrolysis) is 1. The number of amides is 2. The second kappa shape index (κ2) is 9.89. The standard InChI is InChI=1S/C21H31N3O4/c1-15(2)19(23-21(26)28-13-16-7-4-3-5-8-16)20(25)22-11-18-12-24-10-6-9-17(24)14-27-18/h3-5,7-8,15,17-19H,6,9-14H2,1-2H3,(H,22,25)(H,23,26)/t17-,18+,19-/m0/s1. The van der Waals surface area contributed by atoms with Crippen molar-refractivity contribution in [3.8, 4) is 0 Å². The van der Waals surface area contributed by atoms with Crippen LogP contribution in [0, 0.1) is 5.92 Å². The highest BCUT2D eigenvalue weighted by Crippen LogP contribution is 2.22. The summed E-state index contributed by atoms with van der Waals surface area (Å²) in [6, 6.07) is 9.34. The van der Waals surface area contributed by atoms with Crippen molar-refractivity contribution in [2.75, 3.05) is 26.2 Å². The Hall–Kier alpha value is -2.12. The zero-order valence-corrected chi connectivity index (χ0v) is 16.7. The highest BCUT2D eigenvalue weighted by atomic mass is 16.5. The first-order valence-electron chi connectivity index (χ1n) is 10.1. The van der Waals surface area contributed by atoms with E-state index in [0.717, 1.165) is 25.3 Å². The number of ether oxygens (including phenoxy) is 2. The average Bonchev–Trinajstić information content (AvgIpc) is 3.17. The van der Waals surface area contributed by atoms with Crippen molar-refractivity contribution >= 4 is 12.0 Å². The number of nitrogens with one attached hydrogen (secondary N) is 2. The number of rotatable bonds is 7. The molecule has 2 aliphatic rings. The van der Waals surface area contributed by atoms with Crippen LogP contribution >= 0.6 is 0 Å². The maximum Gasteiger partial charge on any atom is 0.408 e. The van der Waals surface area contributed by atoms with Gasteiger partial charge in [-0.25, -0.2) is 4.79 Å². The summed E-state index contributed by atoms with van der Waals surface area (Å²) < 4.78 is 11.1. The van der Waals surface area contributed by atoms with Crippen molar-refractivity contribution in [3.63, 3.8) is 0 Å². The lowest BCUT2D eigenvalue weighted by Crippen LogP contribution is -2.54. The van der Waals surface area contributed by atoms with Crippen molar-refractivity contribution in [1.82, 2.24) is 15.5 Å². The van der Waals surface area contributed by atoms with E-state index in [1.807, 2.05) is 44.2 Å². The number of nitrogens with zero attached hydrogens (tertiary/aromatic N) is 1. The topological polar surface area (TPSA) is 79.9 Å². The molecule has 1 aromatic carbocycles. The maximum absolute atomic E-state index is 12.6. The van der Waals surface area contributed by atoms with Crippen LogP contribution in [0.4, 0.5) is 4.79 Å². The number of benzene rings is 1. The number of carbonyl (C=O) groups is 2. The molecule has 2 aliphatic heterocycles. The molecule has 7 nitrogen and oxygen atoms in total. The molecule has 28 heavy (non-hydrogen) atoms. The predicted octanol–water partition coefficient (Wildman–Crippen LogP) is 1.92. The van der Waals surface area contributed by atoms with Gasteiger partial charge in [-0.15, -0.1) is 0 Å². The molecule has 2 N–H and O–H groups in total. The van der Waals surface area contributed by atoms with E-state index in [1.54, 1.807) is 0 Å². The first-order chi connectivity index (χ1) is 13.5. The number of hydrogen-bond donors (Lipinski definition) is 2. The smallest absolute Gasteiger partial charge is 0.408 e. The lowest BCUT2D eigenvalue weighted by molar-refractivity contribution is -0.125. The number of carbonyl (C=O) groups excluding carboxylic acids is 2. The predicted molar refractivity (Wildman–Crippen MR) is 106 cm³/mol. The summed E-state index contributed by atoms with van der Waals surface area (Å²) in [4.78, 5) is 27.2. The third-order valence-electron chi connectivity index (χ3n) is 5.40. The molecule has 0 aromatic heterocycles. The molecule has 0 aliphatic carbocycles. The highest BCUT2D eigenvalue weighted by Gasteiger charge is 2.33. The molecule has 3 atom stereocenters. The maximum atomic E-state index is 12.6. The van der Waals surface area contributed by atoms with Gasteiger partial charge in [0.15, 0.2) is 0 Å². The number of morpholine rings is 1. The molecule has 7 heteroatoms. The van der Waals surface area contributed by atoms with Crippen LogP contribution < -0.4 is 10.6 Å². The van der Waals surface area contributed by atoms with Crippen LogP contribution in [0.5, 0.6) is 0 Å². The number of hydrogen-bond acceptors (Lipinski definition) is 5. The third kappa shape index (κ3) is 5.69. The molecule has 2 amide bonds. The zero-order chi connectivity index (χ0) is 19.9. The Bertz CT molecular complexity index is 652. The summed E-state index contributed by atoms with van der Waals surface area (Å²) in [6.45, 7) is 7.11. The van der Waals surface area contributed by atoms with Gasteiger partial charge in [-0.05, 0) is 30.9 Å². The Kier molecular flexibility index (Phi) is 7.28. The fourth-order valence-electron chi connectivity index (χ4n) is 3.76. The lowest BCUT2D eigenvalue weighted by Gasteiger charge is -2.35. The van der Waals surface area contributed by atoms with Crippen LogP contribution in [0.25, 0.3) is 0 Å². The zero-order valence-electron chi connectivity index (χ0n) is 16.7. The molecule has 2 heterocycles. The fraction of sp³-hybridized carbons (Fsp3) is 0.619. The summed E-state index contributed by atoms with van der Waals surface area (Å²) in [7, 11) is 0. The van der Waals surface area contributed by atoms with Crippen LogP contribution in [0.15, 0.2) is 30.3 Å². The van der Waals surface area contributed by atoms with E-state index in [4.69, 9.17) is 9.47 Å². The van der Waals surface area contributed by atoms with Gasteiger partial charge in [0.05, 0.1) is 12.7 Å². The van der Waals surface area contributed by atoms with E-state index < -0.39 is 12.1 Å². The van der Waals surface area contributed by atoms with Crippen LogP contribution in [-0.2, 0) is 20.9 Å². The Morgan fingerprint density at radius 1 is 1.29 bits per heavy atom. The largest absolute Gasteiger partial charge is 0.445 e. The summed E-state index contributed by atoms with van der Waals surface area (Å²) in [5.41, 5.74) is 0.901. The molecule has 0 unspecified atom stereocenters. The van der Waals surface area contributed by atoms with E-state index in [-0.39, 0.29) is 24.5 Å². The minimum Gasteiger partial charge on any atom is -0.445 e. The van der Waals surface area contributed by atoms with Crippen LogP contribution in [0.2, 0.25) is 0 Å². The number of fused-ring (bicyclic) bond motifs is 1. The van der Waals surface area contributed by atoms with Gasteiger partial charge in [-0.1, -0.05) is 44.2 Å². The molecule has 154 valence electrons. The second-order valence-corrected chi connectivity index (χ2v) is 7.92. The summed E-state index contributed by atoms with van der Waals surface area (Å²) >= 11 is 0. The minimum absolute atomic E-state index is 0.00357. The Labute approximate surface area is 166 Å². The van der Waals surface area contributed by atoms with Crippen LogP contribution in [-0.4, -0.2) is 61.3 Å². The van der Waals surface area contributed by atoms with E-state index >= 15 is 0 Å². The molecule has 2 fully saturated rings. The lowest BCUT2D eigenvalue weighted by atomic mass is 10.0. The monoisotopic (exact) mass is 389 g/mol. The molecule has 0 bridgehead atoms. The molecule has 3 rings (SSSR count). The van der Waals surface area contributed by atoms with E-state index in [0.29, 0.717) is 12.6 Å². The molecule has 0 spiro atoms. The summed E-state index contributed by atoms with van der Waals surface area (Å²) in [6.07, 6.45) is 1.82. The molecule has 2 saturated heterocycles. The van der Waals surface area contributed by atoms with Gasteiger partial charge in [-0.2, -0.15) is 0 Å². The van der Waals surface area contributed by atoms with Crippen molar-refractivity contribution in [2.45, 2.75) is 51.5 Å². The quantitative estimate of drug-likeness (QED) is 0.745. The molecular weight excluding hydrogens is 358 g/mol. The van der Waals surface area contributed by atoms with E-state index in [1.165, 1.54) is 12.8 Å². The van der Waals surface area contributed by atoms with Crippen molar-refractivity contribution in [1.29, 1.82) is 0 Å². The van der Waals surface area contributed by atoms with Crippen molar-refractivity contribution in [2.24, 2.45) is 5.92 Å². The van der Waals surface area contributed by atoms with Crippen molar-refractivity contribution < 1.29 is 19.1 Å². The molecule has 1 aromatic rings. The van der Waals surface area contributed by atoms with Gasteiger partial charge in [-0.3, -0.25) is 9.69 Å². The van der Waals surface area contributed by atoms with Crippen LogP contribution in [0.3, 0.4) is 0 Å². The first-order valence-corrected chi connectivity index (χ1v) is 10.1. The summed E-state index contributed by atoms with van der Waals surface area (Å²) in [5, 5.41) is 5.62. The van der Waals surface area contributed by atoms with Crippen LogP contribution in [0.1, 0.15) is 32.3 Å². The molecule has 0 saturated carbocycles. The fourth-order valence-corrected chi connectivity index (χ4v) is 3.76. The SMILES string of the molecule is CC(C)[C@H](NC(=O)OCc1ccccc1)C(=O)NC[C@@H]1CN2CCC[C@H]2CO1. The van der Waals surface area contributed by atoms with Crippen molar-refractivity contribution in [3.05, 3.63) is 35.9 Å². The normalized spacial score (nSPS) is 23.1. The molecule has 0 radical (unpaired) electrons. The van der Waals surface area contributed by atoms with Gasteiger partial charge in [0, 0.05) is 19.1 Å². The van der Waals surface area contributed by atoms with Gasteiger partial charge in [0.25, 0.3) is 0 Å². The third-order valence-corrected chi connectivity index (χ3v) is 5.40. The van der Waals surface area contributed by atoms with Gasteiger partial charge < -0.3 is 20.1 Å².